The maximum Gasteiger partial charge on any atom is 0.220 e. The standard InChI is InChI=1S/C60H107NO8/c1-3-5-7-9-11-13-15-17-19-21-22-23-24-25-26-27-28-29-30-31-32-34-36-38-40-42-44-46-48-50-56(64)61-53(52-68-60-59(67)58(66)57(65)55(51-62)69-60)54(63)49-47-45-43-41-39-37-35-33-20-18-16-14-12-10-8-6-4-2/h15,17,20-22,24-25,33,39,41,47,49,53-55,57-60,62-63,65-67H,3-14,16,18-19,23,26-32,34-38,40,42-46,48,50-52H2,1-2H3,(H,61,64)/b17-15-,22-21-,25-24-,33-20+,41-39+,49-47+. The van der Waals surface area contributed by atoms with Gasteiger partial charge in [0, 0.05) is 6.42 Å². The molecule has 0 aromatic carbocycles. The number of aliphatic hydroxyl groups is 5. The quantitative estimate of drug-likeness (QED) is 0.0261. The van der Waals surface area contributed by atoms with Gasteiger partial charge in [-0.25, -0.2) is 0 Å². The second-order valence-corrected chi connectivity index (χ2v) is 19.7. The topological polar surface area (TPSA) is 149 Å². The van der Waals surface area contributed by atoms with Crippen LogP contribution >= 0.6 is 0 Å². The number of allylic oxidation sites excluding steroid dienone is 11. The Morgan fingerprint density at radius 1 is 0.493 bits per heavy atom. The molecule has 0 bridgehead atoms. The van der Waals surface area contributed by atoms with Gasteiger partial charge >= 0.3 is 0 Å². The fourth-order valence-electron chi connectivity index (χ4n) is 8.67. The lowest BCUT2D eigenvalue weighted by molar-refractivity contribution is -0.302. The van der Waals surface area contributed by atoms with Gasteiger partial charge in [-0.05, 0) is 83.5 Å². The van der Waals surface area contributed by atoms with Crippen LogP contribution in [-0.4, -0.2) is 87.5 Å². The summed E-state index contributed by atoms with van der Waals surface area (Å²) in [5.41, 5.74) is 0. The van der Waals surface area contributed by atoms with Gasteiger partial charge in [-0.2, -0.15) is 0 Å². The summed E-state index contributed by atoms with van der Waals surface area (Å²) in [4.78, 5) is 13.0. The normalized spacial score (nSPS) is 20.0. The van der Waals surface area contributed by atoms with E-state index < -0.39 is 49.5 Å². The monoisotopic (exact) mass is 970 g/mol. The molecule has 7 unspecified atom stereocenters. The van der Waals surface area contributed by atoms with E-state index >= 15 is 0 Å². The third-order valence-corrected chi connectivity index (χ3v) is 13.2. The highest BCUT2D eigenvalue weighted by Gasteiger charge is 2.44. The molecule has 0 aromatic heterocycles. The Morgan fingerprint density at radius 3 is 1.32 bits per heavy atom. The van der Waals surface area contributed by atoms with E-state index in [4.69, 9.17) is 9.47 Å². The van der Waals surface area contributed by atoms with E-state index in [1.807, 2.05) is 6.08 Å². The van der Waals surface area contributed by atoms with Crippen LogP contribution in [0.4, 0.5) is 0 Å². The Morgan fingerprint density at radius 2 is 0.870 bits per heavy atom. The van der Waals surface area contributed by atoms with Crippen molar-refractivity contribution >= 4 is 5.91 Å². The third kappa shape index (κ3) is 38.9. The van der Waals surface area contributed by atoms with E-state index in [0.717, 1.165) is 64.2 Å². The first kappa shape index (κ1) is 64.6. The molecular weight excluding hydrogens is 863 g/mol. The van der Waals surface area contributed by atoms with E-state index in [-0.39, 0.29) is 12.5 Å². The van der Waals surface area contributed by atoms with Gasteiger partial charge in [-0.3, -0.25) is 4.79 Å². The minimum Gasteiger partial charge on any atom is -0.394 e. The number of rotatable bonds is 48. The van der Waals surface area contributed by atoms with Crippen LogP contribution in [0.15, 0.2) is 72.9 Å². The van der Waals surface area contributed by atoms with Gasteiger partial charge in [0.05, 0.1) is 25.4 Å². The molecule has 0 aliphatic carbocycles. The SMILES string of the molecule is CCCCCCC/C=C\C/C=C\C/C=C\CCCCCCCCCCCCCCCCC(=O)NC(COC1OC(CO)C(O)C(O)C1O)C(O)/C=C/CC/C=C/CC/C=C/CCCCCCCCC. The molecule has 1 rings (SSSR count). The third-order valence-electron chi connectivity index (χ3n) is 13.2. The smallest absolute Gasteiger partial charge is 0.220 e. The van der Waals surface area contributed by atoms with Gasteiger partial charge in [0.25, 0.3) is 0 Å². The highest BCUT2D eigenvalue weighted by molar-refractivity contribution is 5.76. The maximum absolute atomic E-state index is 13.0. The van der Waals surface area contributed by atoms with E-state index in [9.17, 15) is 30.3 Å². The minimum absolute atomic E-state index is 0.193. The van der Waals surface area contributed by atoms with Crippen molar-refractivity contribution in [3.8, 4) is 0 Å². The van der Waals surface area contributed by atoms with Crippen molar-refractivity contribution in [1.82, 2.24) is 5.32 Å². The van der Waals surface area contributed by atoms with Gasteiger partial charge in [0.2, 0.25) is 5.91 Å². The first-order chi connectivity index (χ1) is 33.8. The minimum atomic E-state index is -1.58. The number of aliphatic hydroxyl groups excluding tert-OH is 5. The number of carbonyl (C=O) groups is 1. The summed E-state index contributed by atoms with van der Waals surface area (Å²) in [7, 11) is 0. The van der Waals surface area contributed by atoms with Crippen LogP contribution in [0.5, 0.6) is 0 Å². The Kier molecular flexibility index (Phi) is 46.1. The second kappa shape index (κ2) is 49.2. The van der Waals surface area contributed by atoms with Crippen molar-refractivity contribution in [2.75, 3.05) is 13.2 Å². The van der Waals surface area contributed by atoms with Gasteiger partial charge in [0.1, 0.15) is 24.4 Å². The van der Waals surface area contributed by atoms with Crippen LogP contribution in [-0.2, 0) is 14.3 Å². The molecule has 0 aromatic rings. The number of hydrogen-bond donors (Lipinski definition) is 6. The molecule has 1 heterocycles. The molecule has 1 amide bonds. The lowest BCUT2D eigenvalue weighted by Crippen LogP contribution is -2.60. The van der Waals surface area contributed by atoms with E-state index in [1.165, 1.54) is 161 Å². The van der Waals surface area contributed by atoms with E-state index in [2.05, 4.69) is 79.9 Å². The summed E-state index contributed by atoms with van der Waals surface area (Å²) in [6.07, 6.45) is 61.1. The summed E-state index contributed by atoms with van der Waals surface area (Å²) in [6, 6.07) is -0.831. The van der Waals surface area contributed by atoms with E-state index in [0.29, 0.717) is 6.42 Å². The number of ether oxygens (including phenoxy) is 2. The highest BCUT2D eigenvalue weighted by atomic mass is 16.7. The Labute approximate surface area is 423 Å². The largest absolute Gasteiger partial charge is 0.394 e. The summed E-state index contributed by atoms with van der Waals surface area (Å²) in [5, 5.41) is 54.4. The van der Waals surface area contributed by atoms with Gasteiger partial charge in [0.15, 0.2) is 6.29 Å². The Bertz CT molecular complexity index is 1310. The number of nitrogens with one attached hydrogen (secondary N) is 1. The van der Waals surface area contributed by atoms with Gasteiger partial charge < -0.3 is 40.3 Å². The van der Waals surface area contributed by atoms with Gasteiger partial charge in [-0.1, -0.05) is 228 Å². The first-order valence-electron chi connectivity index (χ1n) is 28.7. The van der Waals surface area contributed by atoms with Crippen LogP contribution in [0.1, 0.15) is 245 Å². The van der Waals surface area contributed by atoms with Crippen molar-refractivity contribution < 1.29 is 39.8 Å². The first-order valence-corrected chi connectivity index (χ1v) is 28.7. The molecule has 1 aliphatic heterocycles. The summed E-state index contributed by atoms with van der Waals surface area (Å²) < 4.78 is 11.2. The zero-order chi connectivity index (χ0) is 50.1. The average Bonchev–Trinajstić information content (AvgIpc) is 3.35. The van der Waals surface area contributed by atoms with Crippen molar-refractivity contribution in [3.05, 3.63) is 72.9 Å². The fraction of sp³-hybridized carbons (Fsp3) is 0.783. The van der Waals surface area contributed by atoms with Crippen molar-refractivity contribution in [1.29, 1.82) is 0 Å². The molecule has 6 N–H and O–H groups in total. The predicted octanol–water partition coefficient (Wildman–Crippen LogP) is 14.1. The molecular formula is C60H107NO8. The predicted molar refractivity (Wildman–Crippen MR) is 290 cm³/mol. The molecule has 1 aliphatic rings. The lowest BCUT2D eigenvalue weighted by Gasteiger charge is -2.40. The van der Waals surface area contributed by atoms with Crippen molar-refractivity contribution in [2.24, 2.45) is 0 Å². The summed E-state index contributed by atoms with van der Waals surface area (Å²) in [6.45, 7) is 3.74. The second-order valence-electron chi connectivity index (χ2n) is 19.7. The van der Waals surface area contributed by atoms with Crippen LogP contribution in [0.2, 0.25) is 0 Å². The maximum atomic E-state index is 13.0. The van der Waals surface area contributed by atoms with E-state index in [1.54, 1.807) is 6.08 Å². The molecule has 1 fully saturated rings. The lowest BCUT2D eigenvalue weighted by atomic mass is 9.99. The van der Waals surface area contributed by atoms with Crippen LogP contribution in [0, 0.1) is 0 Å². The summed E-state index contributed by atoms with van der Waals surface area (Å²) in [5.74, 6) is -0.193. The summed E-state index contributed by atoms with van der Waals surface area (Å²) >= 11 is 0. The zero-order valence-electron chi connectivity index (χ0n) is 44.3. The Balaban J connectivity index is 2.22. The number of carbonyl (C=O) groups excluding carboxylic acids is 1. The average molecular weight is 971 g/mol. The number of amides is 1. The fourth-order valence-corrected chi connectivity index (χ4v) is 8.67. The van der Waals surface area contributed by atoms with Crippen LogP contribution < -0.4 is 5.32 Å². The molecule has 0 saturated carbocycles. The molecule has 69 heavy (non-hydrogen) atoms. The highest BCUT2D eigenvalue weighted by Crippen LogP contribution is 2.23. The van der Waals surface area contributed by atoms with Crippen LogP contribution in [0.25, 0.3) is 0 Å². The van der Waals surface area contributed by atoms with Crippen molar-refractivity contribution in [3.63, 3.8) is 0 Å². The molecule has 0 spiro atoms. The van der Waals surface area contributed by atoms with Gasteiger partial charge in [-0.15, -0.1) is 0 Å². The number of hydrogen-bond acceptors (Lipinski definition) is 8. The Hall–Kier alpha value is -2.37. The molecule has 7 atom stereocenters. The molecule has 400 valence electrons. The molecule has 1 saturated heterocycles. The molecule has 9 nitrogen and oxygen atoms in total. The number of unbranched alkanes of at least 4 members (excludes halogenated alkanes) is 28. The molecule has 9 heteroatoms. The molecule has 0 radical (unpaired) electrons. The van der Waals surface area contributed by atoms with Crippen LogP contribution in [0.3, 0.4) is 0 Å². The zero-order valence-corrected chi connectivity index (χ0v) is 44.3. The van der Waals surface area contributed by atoms with Crippen molar-refractivity contribution in [2.45, 2.75) is 288 Å².